The molecule has 0 bridgehead atoms. The fourth-order valence-electron chi connectivity index (χ4n) is 6.02. The van der Waals surface area contributed by atoms with Crippen LogP contribution in [0.25, 0.3) is 0 Å². The summed E-state index contributed by atoms with van der Waals surface area (Å²) in [5.74, 6) is 2.31. The quantitative estimate of drug-likeness (QED) is 0.0318. The molecule has 1 saturated heterocycles. The van der Waals surface area contributed by atoms with E-state index in [0.717, 1.165) is 39.0 Å². The van der Waals surface area contributed by atoms with Gasteiger partial charge in [-0.3, -0.25) is 9.32 Å². The summed E-state index contributed by atoms with van der Waals surface area (Å²) in [7, 11) is -10.5. The molecule has 7 unspecified atom stereocenters. The van der Waals surface area contributed by atoms with Crippen molar-refractivity contribution < 1.29 is 57.1 Å². The fourth-order valence-corrected chi connectivity index (χ4v) is 8.13. The van der Waals surface area contributed by atoms with Gasteiger partial charge in [-0.15, -0.1) is 32.1 Å². The highest BCUT2D eigenvalue weighted by molar-refractivity contribution is 7.61. The summed E-state index contributed by atoms with van der Waals surface area (Å²) >= 11 is 0. The van der Waals surface area contributed by atoms with Gasteiger partial charge in [-0.1, -0.05) is 55.1 Å². The highest BCUT2D eigenvalue weighted by Gasteiger charge is 2.49. The smallest absolute Gasteiger partial charge is 0.394 e. The Kier molecular flexibility index (Phi) is 25.3. The van der Waals surface area contributed by atoms with Gasteiger partial charge in [-0.05, 0) is 0 Å². The van der Waals surface area contributed by atoms with E-state index in [1.165, 1.54) is 32.1 Å². The molecule has 0 aliphatic carbocycles. The van der Waals surface area contributed by atoms with Crippen molar-refractivity contribution in [2.45, 2.75) is 150 Å². The Morgan fingerprint density at radius 2 is 1.11 bits per heavy atom. The third-order valence-electron chi connectivity index (χ3n) is 9.45. The number of aliphatic hydroxyl groups excluding tert-OH is 3. The number of nitrogens with one attached hydrogen (secondary N) is 1. The fraction of sp³-hybridized carbons (Fsp3) is 0.816. The van der Waals surface area contributed by atoms with Crippen LogP contribution in [0, 0.1) is 74.0 Å². The lowest BCUT2D eigenvalue weighted by molar-refractivity contribution is -0.247. The zero-order chi connectivity index (χ0) is 40.2. The Balaban J connectivity index is 2.25. The molecule has 53 heavy (non-hydrogen) atoms. The third-order valence-corrected chi connectivity index (χ3v) is 12.1. The molecule has 1 aliphatic heterocycles. The summed E-state index contributed by atoms with van der Waals surface area (Å²) in [6, 6.07) is -1.57. The van der Waals surface area contributed by atoms with Crippen molar-refractivity contribution in [2.75, 3.05) is 13.2 Å². The van der Waals surface area contributed by atoms with Crippen molar-refractivity contribution >= 4 is 21.6 Å². The maximum atomic E-state index is 12.6. The van der Waals surface area contributed by atoms with Crippen LogP contribution in [0.1, 0.15) is 120 Å². The van der Waals surface area contributed by atoms with Crippen molar-refractivity contribution in [1.82, 2.24) is 5.32 Å². The zero-order valence-corrected chi connectivity index (χ0v) is 35.1. The first kappa shape index (κ1) is 50.6. The molecular formula is C38H71NO12P2-6. The Morgan fingerprint density at radius 3 is 1.51 bits per heavy atom. The lowest BCUT2D eigenvalue weighted by Gasteiger charge is -2.42. The number of amides is 1. The molecule has 6 N–H and O–H groups in total. The van der Waals surface area contributed by atoms with Gasteiger partial charge in [0, 0.05) is 6.92 Å². The molecule has 15 heteroatoms. The van der Waals surface area contributed by atoms with Crippen molar-refractivity contribution in [2.24, 2.45) is 35.5 Å². The Bertz CT molecular complexity index is 1080. The first-order chi connectivity index (χ1) is 24.7. The van der Waals surface area contributed by atoms with Crippen molar-refractivity contribution in [1.29, 1.82) is 0 Å². The molecule has 1 amide bonds. The van der Waals surface area contributed by atoms with E-state index in [9.17, 15) is 39.0 Å². The molecule has 1 rings (SSSR count). The van der Waals surface area contributed by atoms with Gasteiger partial charge >= 0.3 is 15.6 Å². The topological polar surface area (TPSA) is 201 Å². The zero-order valence-electron chi connectivity index (χ0n) is 33.3. The minimum atomic E-state index is -5.39. The summed E-state index contributed by atoms with van der Waals surface area (Å²) in [5.41, 5.74) is 0. The number of rotatable bonds is 30. The highest BCUT2D eigenvalue weighted by Crippen LogP contribution is 2.61. The van der Waals surface area contributed by atoms with Gasteiger partial charge in [0.05, 0.1) is 6.61 Å². The van der Waals surface area contributed by atoms with Gasteiger partial charge in [-0.2, -0.15) is 71.9 Å². The van der Waals surface area contributed by atoms with E-state index in [4.69, 9.17) is 13.8 Å². The maximum absolute atomic E-state index is 12.6. The predicted molar refractivity (Wildman–Crippen MR) is 206 cm³/mol. The van der Waals surface area contributed by atoms with E-state index in [-0.39, 0.29) is 12.5 Å². The summed E-state index contributed by atoms with van der Waals surface area (Å²) in [6.45, 7) is 15.5. The van der Waals surface area contributed by atoms with Crippen LogP contribution in [0.5, 0.6) is 0 Å². The number of ether oxygens (including phenoxy) is 1. The van der Waals surface area contributed by atoms with Crippen molar-refractivity contribution in [3.8, 4) is 0 Å². The molecule has 0 aromatic rings. The summed E-state index contributed by atoms with van der Waals surface area (Å²) < 4.78 is 44.2. The average Bonchev–Trinajstić information content (AvgIpc) is 3.03. The third kappa shape index (κ3) is 23.4. The van der Waals surface area contributed by atoms with Crippen LogP contribution in [0.4, 0.5) is 0 Å². The second-order valence-corrected chi connectivity index (χ2v) is 18.3. The van der Waals surface area contributed by atoms with Crippen LogP contribution in [0.2, 0.25) is 0 Å². The van der Waals surface area contributed by atoms with Crippen molar-refractivity contribution in [3.63, 3.8) is 0 Å². The van der Waals surface area contributed by atoms with E-state index >= 15 is 0 Å². The van der Waals surface area contributed by atoms with E-state index in [2.05, 4.69) is 83.3 Å². The van der Waals surface area contributed by atoms with Gasteiger partial charge in [0.15, 0.2) is 6.29 Å². The SMILES string of the molecule is CC(=O)N[C@H]1[C@@H](OP(=O)(O)OP(=O)(O)OC[CH-]C(C)CC[CH-]C(C)CC[CH-]C(C)CC[CH-]C(C)CC[CH-]C(C)CC[CH-]C(C)C)O[C@H](CO)[C@@H](O)[C@@H]1O. The van der Waals surface area contributed by atoms with Crippen LogP contribution in [-0.2, 0) is 32.0 Å². The molecule has 13 nitrogen and oxygen atoms in total. The maximum Gasteiger partial charge on any atom is 0.483 e. The van der Waals surface area contributed by atoms with Gasteiger partial charge in [0.25, 0.3) is 0 Å². The average molecular weight is 796 g/mol. The molecule has 0 saturated carbocycles. The van der Waals surface area contributed by atoms with Gasteiger partial charge in [-0.25, -0.2) is 9.13 Å². The largest absolute Gasteiger partial charge is 0.483 e. The highest BCUT2D eigenvalue weighted by atomic mass is 31.3. The van der Waals surface area contributed by atoms with E-state index in [1.54, 1.807) is 6.42 Å². The molecule has 1 fully saturated rings. The van der Waals surface area contributed by atoms with Crippen LogP contribution < -0.4 is 5.32 Å². The summed E-state index contributed by atoms with van der Waals surface area (Å²) in [6.07, 6.45) is 17.8. The molecule has 316 valence electrons. The lowest BCUT2D eigenvalue weighted by Crippen LogP contribution is -2.64. The lowest BCUT2D eigenvalue weighted by atomic mass is 9.89. The molecular weight excluding hydrogens is 724 g/mol. The van der Waals surface area contributed by atoms with Crippen LogP contribution >= 0.6 is 15.6 Å². The Hall–Kier alpha value is -0.430. The molecule has 1 aliphatic rings. The van der Waals surface area contributed by atoms with Gasteiger partial charge in [0.1, 0.15) is 24.4 Å². The monoisotopic (exact) mass is 795 g/mol. The number of hydrogen-bond donors (Lipinski definition) is 6. The number of phosphoric acid groups is 2. The summed E-state index contributed by atoms with van der Waals surface area (Å²) in [4.78, 5) is 31.7. The number of carbonyl (C=O) groups excluding carboxylic acids is 1. The van der Waals surface area contributed by atoms with Gasteiger partial charge < -0.3 is 78.2 Å². The molecule has 0 aromatic carbocycles. The minimum absolute atomic E-state index is 0.00731. The molecule has 0 spiro atoms. The van der Waals surface area contributed by atoms with Crippen LogP contribution in [0.15, 0.2) is 0 Å². The number of carbonyl (C=O) groups is 1. The second-order valence-electron chi connectivity index (χ2n) is 15.3. The molecule has 0 radical (unpaired) electrons. The van der Waals surface area contributed by atoms with Gasteiger partial charge in [0.2, 0.25) is 5.91 Å². The number of hydrogen-bond acceptors (Lipinski definition) is 10. The Morgan fingerprint density at radius 1 is 0.698 bits per heavy atom. The second kappa shape index (κ2) is 26.5. The standard InChI is InChI=1S/C38H71NO12P2/c1-27(2)14-9-15-28(3)16-10-17-29(4)18-11-19-30(5)20-12-21-31(6)22-13-23-32(7)24-25-48-52(44,45)51-53(46,47)50-38-35(39-33(8)41)37(43)36(42)34(26-40)49-38/h14,16,18,20,22,24,27-32,34-38,40,42-43H,9-13,15,17,19,21,23,25-26H2,1-8H3,(H,39,41)(H,44,45)(H,46,47)/q-6/t28?,29?,30?,31?,32?,34-,35-,36-,37-,38-/m1/s1. The first-order valence-electron chi connectivity index (χ1n) is 19.3. The normalized spacial score (nSPS) is 26.0. The summed E-state index contributed by atoms with van der Waals surface area (Å²) in [5, 5.41) is 32.0. The Labute approximate surface area is 320 Å². The van der Waals surface area contributed by atoms with Crippen molar-refractivity contribution in [3.05, 3.63) is 38.5 Å². The minimum Gasteiger partial charge on any atom is -0.394 e. The van der Waals surface area contributed by atoms with E-state index in [1.807, 2.05) is 6.92 Å². The number of aliphatic hydroxyl groups is 3. The van der Waals surface area contributed by atoms with E-state index < -0.39 is 58.8 Å². The van der Waals surface area contributed by atoms with Crippen LogP contribution in [0.3, 0.4) is 0 Å². The number of phosphoric ester groups is 2. The van der Waals surface area contributed by atoms with E-state index in [0.29, 0.717) is 29.6 Å². The van der Waals surface area contributed by atoms with Crippen LogP contribution in [-0.4, -0.2) is 74.9 Å². The predicted octanol–water partition coefficient (Wildman–Crippen LogP) is 7.14. The first-order valence-corrected chi connectivity index (χ1v) is 22.3. The molecule has 1 heterocycles. The molecule has 12 atom stereocenters. The molecule has 0 aromatic heterocycles.